The molecule has 0 radical (unpaired) electrons. The Bertz CT molecular complexity index is 86.9. The summed E-state index contributed by atoms with van der Waals surface area (Å²) in [7, 11) is 0. The van der Waals surface area contributed by atoms with Crippen molar-refractivity contribution in [2.75, 3.05) is 0 Å². The molecule has 0 bridgehead atoms. The number of rotatable bonds is 0. The van der Waals surface area contributed by atoms with Crippen molar-refractivity contribution in [2.24, 2.45) is 0 Å². The van der Waals surface area contributed by atoms with E-state index in [1.807, 2.05) is 18.2 Å². The Hall–Kier alpha value is -0.383. The van der Waals surface area contributed by atoms with E-state index in [1.54, 1.807) is 12.4 Å². The van der Waals surface area contributed by atoms with Crippen molar-refractivity contribution in [3.05, 3.63) is 30.6 Å². The van der Waals surface area contributed by atoms with Gasteiger partial charge in [-0.05, 0) is 23.1 Å². The smallest absolute Gasteiger partial charge is 0.0267 e. The van der Waals surface area contributed by atoms with Gasteiger partial charge in [0.15, 0.2) is 0 Å². The van der Waals surface area contributed by atoms with E-state index in [9.17, 15) is 0 Å². The lowest BCUT2D eigenvalue weighted by molar-refractivity contribution is 1.33. The fourth-order valence-corrected chi connectivity index (χ4v) is 0.313. The molecule has 0 fully saturated rings. The average Bonchev–Trinajstić information content (AvgIpc) is 1.72. The number of hydrogen-bond donors (Lipinski definition) is 1. The van der Waals surface area contributed by atoms with E-state index in [2.05, 4.69) is 4.98 Å². The molecule has 0 spiro atoms. The third-order valence-electron chi connectivity index (χ3n) is 0.566. The molecule has 2 nitrogen and oxygen atoms in total. The van der Waals surface area contributed by atoms with Crippen LogP contribution in [0.1, 0.15) is 0 Å². The second-order valence-corrected chi connectivity index (χ2v) is 1.02. The van der Waals surface area contributed by atoms with E-state index in [-0.39, 0.29) is 29.5 Å². The fourth-order valence-electron chi connectivity index (χ4n) is 0.313. The highest BCUT2D eigenvalue weighted by Gasteiger charge is 1.58. The van der Waals surface area contributed by atoms with Crippen LogP contribution in [0.15, 0.2) is 30.6 Å². The van der Waals surface area contributed by atoms with Gasteiger partial charge in [0.05, 0.1) is 0 Å². The zero-order chi connectivity index (χ0) is 4.24. The van der Waals surface area contributed by atoms with Gasteiger partial charge in [-0.25, -0.2) is 0 Å². The van der Waals surface area contributed by atoms with Crippen molar-refractivity contribution in [1.82, 2.24) is 11.1 Å². The summed E-state index contributed by atoms with van der Waals surface area (Å²) in [5, 5.41) is 0. The maximum atomic E-state index is 3.78. The zero-order valence-electron chi connectivity index (χ0n) is 4.45. The second kappa shape index (κ2) is 10.6. The molecule has 0 amide bonds. The second-order valence-electron chi connectivity index (χ2n) is 1.02. The first-order valence-electron chi connectivity index (χ1n) is 1.85. The summed E-state index contributed by atoms with van der Waals surface area (Å²) in [4.78, 5) is 3.78. The van der Waals surface area contributed by atoms with Gasteiger partial charge in [0.25, 0.3) is 0 Å². The molecule has 0 saturated heterocycles. The van der Waals surface area contributed by atoms with Crippen LogP contribution < -0.4 is 6.15 Å². The molecular formula is C5H13ClN2Si. The van der Waals surface area contributed by atoms with E-state index in [0.29, 0.717) is 0 Å². The van der Waals surface area contributed by atoms with Crippen molar-refractivity contribution < 1.29 is 0 Å². The maximum absolute atomic E-state index is 3.78. The van der Waals surface area contributed by atoms with Crippen molar-refractivity contribution in [3.63, 3.8) is 0 Å². The van der Waals surface area contributed by atoms with Crippen molar-refractivity contribution in [1.29, 1.82) is 0 Å². The molecule has 0 atom stereocenters. The third-order valence-corrected chi connectivity index (χ3v) is 0.566. The minimum absolute atomic E-state index is 0. The summed E-state index contributed by atoms with van der Waals surface area (Å²) < 4.78 is 0. The Morgan fingerprint density at radius 3 is 1.44 bits per heavy atom. The maximum Gasteiger partial charge on any atom is 0.0267 e. The van der Waals surface area contributed by atoms with Crippen LogP contribution in [0.5, 0.6) is 0 Å². The van der Waals surface area contributed by atoms with Crippen molar-refractivity contribution in [3.8, 4) is 0 Å². The Labute approximate surface area is 65.7 Å². The van der Waals surface area contributed by atoms with Crippen LogP contribution >= 0.6 is 12.4 Å². The van der Waals surface area contributed by atoms with E-state index in [4.69, 9.17) is 0 Å². The lowest BCUT2D eigenvalue weighted by atomic mass is 10.5. The SMILES string of the molecule is Cl.N.[SiH4].c1ccncc1. The van der Waals surface area contributed by atoms with E-state index in [0.717, 1.165) is 0 Å². The quantitative estimate of drug-likeness (QED) is 0.558. The molecule has 1 aromatic heterocycles. The minimum atomic E-state index is 0. The molecule has 0 unspecified atom stereocenters. The van der Waals surface area contributed by atoms with Gasteiger partial charge in [0.2, 0.25) is 0 Å². The Kier molecular flexibility index (Phi) is 18.6. The van der Waals surface area contributed by atoms with Crippen LogP contribution in [-0.2, 0) is 0 Å². The van der Waals surface area contributed by atoms with Gasteiger partial charge < -0.3 is 6.15 Å². The van der Waals surface area contributed by atoms with Gasteiger partial charge in [-0.1, -0.05) is 6.07 Å². The molecular weight excluding hydrogens is 152 g/mol. The topological polar surface area (TPSA) is 47.9 Å². The summed E-state index contributed by atoms with van der Waals surface area (Å²) in [5.41, 5.74) is 0. The molecule has 9 heavy (non-hydrogen) atoms. The Morgan fingerprint density at radius 1 is 0.889 bits per heavy atom. The molecule has 0 aliphatic heterocycles. The average molecular weight is 165 g/mol. The lowest BCUT2D eigenvalue weighted by Crippen LogP contribution is -1.58. The first kappa shape index (κ1) is 15.8. The van der Waals surface area contributed by atoms with Crippen LogP contribution in [-0.4, -0.2) is 15.9 Å². The number of hydrogen-bond acceptors (Lipinski definition) is 2. The largest absolute Gasteiger partial charge is 0.344 e. The third kappa shape index (κ3) is 7.62. The highest BCUT2D eigenvalue weighted by Crippen LogP contribution is 1.73. The van der Waals surface area contributed by atoms with Gasteiger partial charge in [0.1, 0.15) is 0 Å². The monoisotopic (exact) mass is 164 g/mol. The van der Waals surface area contributed by atoms with Gasteiger partial charge in [-0.15, -0.1) is 12.4 Å². The van der Waals surface area contributed by atoms with E-state index < -0.39 is 0 Å². The molecule has 0 aromatic carbocycles. The highest BCUT2D eigenvalue weighted by molar-refractivity contribution is 5.85. The van der Waals surface area contributed by atoms with Gasteiger partial charge in [-0.3, -0.25) is 4.98 Å². The molecule has 0 aliphatic carbocycles. The molecule has 1 aromatic rings. The fraction of sp³-hybridized carbons (Fsp3) is 0. The van der Waals surface area contributed by atoms with E-state index in [1.165, 1.54) is 0 Å². The highest BCUT2D eigenvalue weighted by atomic mass is 35.5. The number of aromatic nitrogens is 1. The molecule has 1 rings (SSSR count). The summed E-state index contributed by atoms with van der Waals surface area (Å²) in [6.45, 7) is 0. The number of halogens is 1. The predicted molar refractivity (Wildman–Crippen MR) is 47.8 cm³/mol. The number of nitrogens with zero attached hydrogens (tertiary/aromatic N) is 1. The Balaban J connectivity index is -0.000000120. The number of pyridine rings is 1. The molecule has 54 valence electrons. The van der Waals surface area contributed by atoms with Crippen LogP contribution in [0, 0.1) is 0 Å². The van der Waals surface area contributed by atoms with Crippen LogP contribution in [0.2, 0.25) is 0 Å². The van der Waals surface area contributed by atoms with Crippen molar-refractivity contribution >= 4 is 23.4 Å². The standard InChI is InChI=1S/C5H5N.ClH.H3N.H4Si/c1-2-4-6-5-3-1;;;/h1-5H;1H;1H3;1H4. The summed E-state index contributed by atoms with van der Waals surface area (Å²) in [6.07, 6.45) is 3.50. The predicted octanol–water partition coefficient (Wildman–Crippen LogP) is 0.214. The minimum Gasteiger partial charge on any atom is -0.344 e. The van der Waals surface area contributed by atoms with Crippen LogP contribution in [0.25, 0.3) is 0 Å². The first-order chi connectivity index (χ1) is 3.00. The van der Waals surface area contributed by atoms with E-state index >= 15 is 0 Å². The van der Waals surface area contributed by atoms with Gasteiger partial charge in [0, 0.05) is 12.4 Å². The van der Waals surface area contributed by atoms with Gasteiger partial charge in [-0.2, -0.15) is 0 Å². The van der Waals surface area contributed by atoms with Crippen LogP contribution in [0.4, 0.5) is 0 Å². The molecule has 1 heterocycles. The Morgan fingerprint density at radius 2 is 1.33 bits per heavy atom. The van der Waals surface area contributed by atoms with Crippen LogP contribution in [0.3, 0.4) is 0 Å². The molecule has 0 aliphatic rings. The summed E-state index contributed by atoms with van der Waals surface area (Å²) in [5.74, 6) is 0. The molecule has 3 N–H and O–H groups in total. The summed E-state index contributed by atoms with van der Waals surface area (Å²) in [6, 6.07) is 5.72. The zero-order valence-corrected chi connectivity index (χ0v) is 5.27. The lowest BCUT2D eigenvalue weighted by Gasteiger charge is -1.70. The van der Waals surface area contributed by atoms with Crippen molar-refractivity contribution in [2.45, 2.75) is 0 Å². The van der Waals surface area contributed by atoms with Gasteiger partial charge >= 0.3 is 0 Å². The normalized spacial score (nSPS) is 5.33. The molecule has 0 saturated carbocycles. The molecule has 4 heteroatoms. The first-order valence-corrected chi connectivity index (χ1v) is 1.85. The summed E-state index contributed by atoms with van der Waals surface area (Å²) >= 11 is 0.